The Hall–Kier alpha value is -0.910. The van der Waals surface area contributed by atoms with Crippen LogP contribution in [0.15, 0.2) is 11.4 Å². The molecule has 4 nitrogen and oxygen atoms in total. The summed E-state index contributed by atoms with van der Waals surface area (Å²) >= 11 is 1.57. The minimum atomic E-state index is -0.354. The lowest BCUT2D eigenvalue weighted by atomic mass is 10.2. The summed E-state index contributed by atoms with van der Waals surface area (Å²) in [4.78, 5) is 12.1. The quantitative estimate of drug-likeness (QED) is 0.837. The van der Waals surface area contributed by atoms with Crippen molar-refractivity contribution in [2.75, 3.05) is 7.11 Å². The van der Waals surface area contributed by atoms with Gasteiger partial charge in [0.25, 0.3) is 0 Å². The van der Waals surface area contributed by atoms with Gasteiger partial charge in [-0.25, -0.2) is 0 Å². The molecule has 17 heavy (non-hydrogen) atoms. The van der Waals surface area contributed by atoms with Gasteiger partial charge in [0.2, 0.25) is 5.91 Å². The van der Waals surface area contributed by atoms with E-state index in [0.29, 0.717) is 17.7 Å². The monoisotopic (exact) mass is 254 g/mol. The Kier molecular flexibility index (Phi) is 4.15. The van der Waals surface area contributed by atoms with E-state index in [1.807, 2.05) is 11.4 Å². The Morgan fingerprint density at radius 3 is 3.06 bits per heavy atom. The summed E-state index contributed by atoms with van der Waals surface area (Å²) in [6.45, 7) is 0.805. The molecule has 2 unspecified atom stereocenters. The molecule has 0 aliphatic heterocycles. The number of thiophene rings is 1. The number of hydrogen-bond acceptors (Lipinski definition) is 4. The number of methoxy groups -OCH3 is 1. The first-order chi connectivity index (χ1) is 8.19. The molecular formula is C12H18N2O2S. The molecule has 1 aromatic rings. The molecule has 94 valence electrons. The molecule has 3 N–H and O–H groups in total. The highest BCUT2D eigenvalue weighted by Crippen LogP contribution is 2.22. The average molecular weight is 254 g/mol. The van der Waals surface area contributed by atoms with Crippen molar-refractivity contribution in [1.82, 2.24) is 5.32 Å². The Bertz CT molecular complexity index is 392. The normalized spacial score (nSPS) is 24.1. The zero-order valence-electron chi connectivity index (χ0n) is 9.94. The van der Waals surface area contributed by atoms with Crippen LogP contribution in [0.4, 0.5) is 0 Å². The van der Waals surface area contributed by atoms with Crippen LogP contribution in [-0.4, -0.2) is 25.2 Å². The number of nitrogens with one attached hydrogen (secondary N) is 1. The minimum Gasteiger partial charge on any atom is -0.381 e. The maximum absolute atomic E-state index is 10.9. The second-order valence-electron chi connectivity index (χ2n) is 4.41. The van der Waals surface area contributed by atoms with E-state index in [9.17, 15) is 4.79 Å². The molecule has 1 fully saturated rings. The van der Waals surface area contributed by atoms with Gasteiger partial charge < -0.3 is 15.8 Å². The van der Waals surface area contributed by atoms with Gasteiger partial charge in [0.05, 0.1) is 11.7 Å². The fraction of sp³-hybridized carbons (Fsp3) is 0.583. The number of rotatable bonds is 5. The molecule has 1 saturated carbocycles. The van der Waals surface area contributed by atoms with Crippen LogP contribution in [0.5, 0.6) is 0 Å². The van der Waals surface area contributed by atoms with Crippen LogP contribution in [-0.2, 0) is 11.3 Å². The molecule has 0 radical (unpaired) electrons. The lowest BCUT2D eigenvalue weighted by Crippen LogP contribution is -2.26. The smallest absolute Gasteiger partial charge is 0.249 e. The lowest BCUT2D eigenvalue weighted by molar-refractivity contribution is 0.100. The van der Waals surface area contributed by atoms with Crippen molar-refractivity contribution < 1.29 is 9.53 Å². The predicted octanol–water partition coefficient (Wildman–Crippen LogP) is 1.50. The van der Waals surface area contributed by atoms with Crippen LogP contribution in [0.25, 0.3) is 0 Å². The Labute approximate surface area is 105 Å². The van der Waals surface area contributed by atoms with Crippen LogP contribution < -0.4 is 11.1 Å². The molecule has 1 amide bonds. The highest BCUT2D eigenvalue weighted by atomic mass is 32.1. The van der Waals surface area contributed by atoms with E-state index in [2.05, 4.69) is 5.32 Å². The number of carbonyl (C=O) groups is 1. The molecule has 5 heteroatoms. The third kappa shape index (κ3) is 3.28. The van der Waals surface area contributed by atoms with Crippen LogP contribution in [0.2, 0.25) is 0 Å². The summed E-state index contributed by atoms with van der Waals surface area (Å²) < 4.78 is 5.33. The van der Waals surface area contributed by atoms with E-state index >= 15 is 0 Å². The molecule has 1 aliphatic rings. The number of amides is 1. The summed E-state index contributed by atoms with van der Waals surface area (Å²) in [6, 6.07) is 2.39. The van der Waals surface area contributed by atoms with Gasteiger partial charge in [0.15, 0.2) is 0 Å². The van der Waals surface area contributed by atoms with Gasteiger partial charge in [0.1, 0.15) is 0 Å². The topological polar surface area (TPSA) is 64.3 Å². The van der Waals surface area contributed by atoms with Gasteiger partial charge in [-0.15, -0.1) is 11.3 Å². The fourth-order valence-corrected chi connectivity index (χ4v) is 3.01. The number of ether oxygens (including phenoxy) is 1. The molecule has 2 atom stereocenters. The highest BCUT2D eigenvalue weighted by Gasteiger charge is 2.23. The van der Waals surface area contributed by atoms with Crippen LogP contribution >= 0.6 is 11.3 Å². The van der Waals surface area contributed by atoms with Crippen molar-refractivity contribution in [1.29, 1.82) is 0 Å². The zero-order valence-corrected chi connectivity index (χ0v) is 10.8. The largest absolute Gasteiger partial charge is 0.381 e. The van der Waals surface area contributed by atoms with Crippen molar-refractivity contribution in [2.24, 2.45) is 5.73 Å². The molecule has 0 spiro atoms. The predicted molar refractivity (Wildman–Crippen MR) is 68.1 cm³/mol. The summed E-state index contributed by atoms with van der Waals surface area (Å²) in [7, 11) is 1.77. The summed E-state index contributed by atoms with van der Waals surface area (Å²) in [5.74, 6) is -0.354. The molecule has 0 aromatic carbocycles. The van der Waals surface area contributed by atoms with Crippen LogP contribution in [0.1, 0.15) is 34.5 Å². The van der Waals surface area contributed by atoms with E-state index in [4.69, 9.17) is 10.5 Å². The van der Waals surface area contributed by atoms with Gasteiger partial charge >= 0.3 is 0 Å². The summed E-state index contributed by atoms with van der Waals surface area (Å²) in [5.41, 5.74) is 5.82. The Morgan fingerprint density at radius 1 is 1.65 bits per heavy atom. The SMILES string of the molecule is COC1CCC(NCc2cc(C(N)=O)cs2)C1. The Morgan fingerprint density at radius 2 is 2.47 bits per heavy atom. The second kappa shape index (κ2) is 5.62. The number of carbonyl (C=O) groups excluding carboxylic acids is 1. The molecule has 1 heterocycles. The molecule has 0 bridgehead atoms. The van der Waals surface area contributed by atoms with Gasteiger partial charge in [-0.1, -0.05) is 0 Å². The van der Waals surface area contributed by atoms with E-state index < -0.39 is 0 Å². The highest BCUT2D eigenvalue weighted by molar-refractivity contribution is 7.10. The Balaban J connectivity index is 1.80. The van der Waals surface area contributed by atoms with Crippen molar-refractivity contribution in [3.05, 3.63) is 21.9 Å². The standard InChI is InChI=1S/C12H18N2O2S/c1-16-10-3-2-9(5-10)14-6-11-4-8(7-17-11)12(13)15/h4,7,9-10,14H,2-3,5-6H2,1H3,(H2,13,15). The van der Waals surface area contributed by atoms with E-state index in [1.54, 1.807) is 18.4 Å². The zero-order chi connectivity index (χ0) is 12.3. The van der Waals surface area contributed by atoms with Crippen molar-refractivity contribution in [3.8, 4) is 0 Å². The third-order valence-corrected chi connectivity index (χ3v) is 4.16. The van der Waals surface area contributed by atoms with Crippen LogP contribution in [0.3, 0.4) is 0 Å². The first-order valence-electron chi connectivity index (χ1n) is 5.82. The number of hydrogen-bond donors (Lipinski definition) is 2. The maximum atomic E-state index is 10.9. The average Bonchev–Trinajstić information content (AvgIpc) is 2.95. The lowest BCUT2D eigenvalue weighted by Gasteiger charge is -2.11. The molecule has 1 aliphatic carbocycles. The minimum absolute atomic E-state index is 0.354. The second-order valence-corrected chi connectivity index (χ2v) is 5.41. The number of primary amides is 1. The van der Waals surface area contributed by atoms with E-state index in [-0.39, 0.29) is 5.91 Å². The van der Waals surface area contributed by atoms with E-state index in [1.165, 1.54) is 0 Å². The molecule has 0 saturated heterocycles. The van der Waals surface area contributed by atoms with Crippen molar-refractivity contribution in [3.63, 3.8) is 0 Å². The van der Waals surface area contributed by atoms with Gasteiger partial charge in [0, 0.05) is 30.0 Å². The molecule has 1 aromatic heterocycles. The third-order valence-electron chi connectivity index (χ3n) is 3.22. The van der Waals surface area contributed by atoms with Gasteiger partial charge in [-0.05, 0) is 25.3 Å². The first kappa shape index (κ1) is 12.5. The maximum Gasteiger partial charge on any atom is 0.249 e. The van der Waals surface area contributed by atoms with Gasteiger partial charge in [-0.2, -0.15) is 0 Å². The summed E-state index contributed by atoms with van der Waals surface area (Å²) in [5, 5.41) is 5.30. The van der Waals surface area contributed by atoms with Crippen molar-refractivity contribution in [2.45, 2.75) is 38.0 Å². The molecular weight excluding hydrogens is 236 g/mol. The van der Waals surface area contributed by atoms with Crippen molar-refractivity contribution >= 4 is 17.2 Å². The van der Waals surface area contributed by atoms with Crippen LogP contribution in [0, 0.1) is 0 Å². The molecule has 2 rings (SSSR count). The van der Waals surface area contributed by atoms with E-state index in [0.717, 1.165) is 30.7 Å². The van der Waals surface area contributed by atoms with Gasteiger partial charge in [-0.3, -0.25) is 4.79 Å². The fourth-order valence-electron chi connectivity index (χ4n) is 2.19. The first-order valence-corrected chi connectivity index (χ1v) is 6.70. The summed E-state index contributed by atoms with van der Waals surface area (Å²) in [6.07, 6.45) is 3.76. The number of nitrogens with two attached hydrogens (primary N) is 1.